The van der Waals surface area contributed by atoms with Crippen LogP contribution in [0.4, 0.5) is 5.69 Å². The summed E-state index contributed by atoms with van der Waals surface area (Å²) in [6.07, 6.45) is 1.53. The van der Waals surface area contributed by atoms with E-state index < -0.39 is 10.0 Å². The molecule has 0 spiro atoms. The predicted molar refractivity (Wildman–Crippen MR) is 104 cm³/mol. The lowest BCUT2D eigenvalue weighted by Gasteiger charge is -2.13. The molecule has 1 heterocycles. The highest BCUT2D eigenvalue weighted by Crippen LogP contribution is 2.30. The summed E-state index contributed by atoms with van der Waals surface area (Å²) in [5, 5.41) is 0. The van der Waals surface area contributed by atoms with Crippen LogP contribution in [0.1, 0.15) is 11.1 Å². The normalized spacial score (nSPS) is 11.1. The van der Waals surface area contributed by atoms with Crippen molar-refractivity contribution in [3.8, 4) is 17.4 Å². The van der Waals surface area contributed by atoms with Crippen LogP contribution in [0.15, 0.2) is 65.7 Å². The molecule has 0 atom stereocenters. The molecule has 0 aliphatic heterocycles. The molecule has 0 aliphatic rings. The second-order valence-electron chi connectivity index (χ2n) is 5.99. The van der Waals surface area contributed by atoms with Crippen LogP contribution in [-0.4, -0.2) is 20.5 Å². The Bertz CT molecular complexity index is 1050. The number of pyridine rings is 1. The number of benzene rings is 2. The molecule has 7 heteroatoms. The van der Waals surface area contributed by atoms with Crippen molar-refractivity contribution in [3.63, 3.8) is 0 Å². The number of hydrogen-bond donors (Lipinski definition) is 1. The number of aromatic nitrogens is 1. The molecule has 0 unspecified atom stereocenters. The SMILES string of the molecule is COc1ccc(Oc2ncccc2NS(=O)(=O)c2ccc(C)c(C)c2)cc1. The van der Waals surface area contributed by atoms with E-state index in [0.717, 1.165) is 11.1 Å². The van der Waals surface area contributed by atoms with Crippen LogP contribution in [0, 0.1) is 13.8 Å². The van der Waals surface area contributed by atoms with Crippen molar-refractivity contribution in [2.24, 2.45) is 0 Å². The van der Waals surface area contributed by atoms with Crippen LogP contribution in [0.25, 0.3) is 0 Å². The number of nitrogens with zero attached hydrogens (tertiary/aromatic N) is 1. The fraction of sp³-hybridized carbons (Fsp3) is 0.150. The van der Waals surface area contributed by atoms with Crippen LogP contribution >= 0.6 is 0 Å². The van der Waals surface area contributed by atoms with Gasteiger partial charge in [0.25, 0.3) is 10.0 Å². The summed E-state index contributed by atoms with van der Waals surface area (Å²) in [5.41, 5.74) is 2.18. The second-order valence-corrected chi connectivity index (χ2v) is 7.67. The Balaban J connectivity index is 1.87. The fourth-order valence-electron chi connectivity index (χ4n) is 2.39. The average molecular weight is 384 g/mol. The zero-order valence-corrected chi connectivity index (χ0v) is 16.1. The van der Waals surface area contributed by atoms with Crippen molar-refractivity contribution in [1.82, 2.24) is 4.98 Å². The minimum absolute atomic E-state index is 0.162. The number of rotatable bonds is 6. The number of nitrogens with one attached hydrogen (secondary N) is 1. The Morgan fingerprint density at radius 2 is 1.63 bits per heavy atom. The van der Waals surface area contributed by atoms with Gasteiger partial charge in [-0.2, -0.15) is 0 Å². The molecule has 140 valence electrons. The van der Waals surface area contributed by atoms with E-state index >= 15 is 0 Å². The van der Waals surface area contributed by atoms with E-state index in [1.807, 2.05) is 13.8 Å². The first-order valence-corrected chi connectivity index (χ1v) is 9.74. The van der Waals surface area contributed by atoms with Crippen LogP contribution < -0.4 is 14.2 Å². The number of aryl methyl sites for hydroxylation is 2. The summed E-state index contributed by atoms with van der Waals surface area (Å²) in [6, 6.07) is 15.2. The lowest BCUT2D eigenvalue weighted by molar-refractivity contribution is 0.412. The average Bonchev–Trinajstić information content (AvgIpc) is 2.66. The zero-order valence-electron chi connectivity index (χ0n) is 15.3. The molecule has 0 fully saturated rings. The number of methoxy groups -OCH3 is 1. The molecule has 1 N–H and O–H groups in total. The first-order valence-electron chi connectivity index (χ1n) is 8.26. The van der Waals surface area contributed by atoms with Crippen molar-refractivity contribution in [2.75, 3.05) is 11.8 Å². The number of anilines is 1. The summed E-state index contributed by atoms with van der Waals surface area (Å²) in [4.78, 5) is 4.33. The molecule has 6 nitrogen and oxygen atoms in total. The van der Waals surface area contributed by atoms with Crippen LogP contribution in [-0.2, 0) is 10.0 Å². The Morgan fingerprint density at radius 3 is 2.30 bits per heavy atom. The van der Waals surface area contributed by atoms with Gasteiger partial charge in [-0.1, -0.05) is 6.07 Å². The Labute approximate surface area is 158 Å². The standard InChI is InChI=1S/C20H20N2O4S/c1-14-6-11-18(13-15(14)2)27(23,24)22-19-5-4-12-21-20(19)26-17-9-7-16(25-3)8-10-17/h4-13,22H,1-3H3. The van der Waals surface area contributed by atoms with Crippen molar-refractivity contribution < 1.29 is 17.9 Å². The quantitative estimate of drug-likeness (QED) is 0.686. The van der Waals surface area contributed by atoms with Gasteiger partial charge in [0.2, 0.25) is 5.88 Å². The van der Waals surface area contributed by atoms with Crippen LogP contribution in [0.3, 0.4) is 0 Å². The molecule has 0 radical (unpaired) electrons. The lowest BCUT2D eigenvalue weighted by atomic mass is 10.1. The van der Waals surface area contributed by atoms with Gasteiger partial charge in [0.15, 0.2) is 0 Å². The highest BCUT2D eigenvalue weighted by molar-refractivity contribution is 7.92. The highest BCUT2D eigenvalue weighted by atomic mass is 32.2. The molecule has 0 saturated carbocycles. The van der Waals surface area contributed by atoms with Crippen molar-refractivity contribution >= 4 is 15.7 Å². The van der Waals surface area contributed by atoms with E-state index in [1.54, 1.807) is 61.7 Å². The fourth-order valence-corrected chi connectivity index (χ4v) is 3.53. The molecule has 0 bridgehead atoms. The van der Waals surface area contributed by atoms with Gasteiger partial charge in [-0.25, -0.2) is 13.4 Å². The van der Waals surface area contributed by atoms with Crippen molar-refractivity contribution in [2.45, 2.75) is 18.7 Å². The maximum Gasteiger partial charge on any atom is 0.262 e. The van der Waals surface area contributed by atoms with E-state index in [9.17, 15) is 8.42 Å². The smallest absolute Gasteiger partial charge is 0.262 e. The van der Waals surface area contributed by atoms with Crippen molar-refractivity contribution in [1.29, 1.82) is 0 Å². The third-order valence-corrected chi connectivity index (χ3v) is 5.44. The monoisotopic (exact) mass is 384 g/mol. The van der Waals surface area contributed by atoms with Gasteiger partial charge in [0.1, 0.15) is 17.2 Å². The third kappa shape index (κ3) is 4.38. The minimum atomic E-state index is -3.77. The summed E-state index contributed by atoms with van der Waals surface area (Å²) in [7, 11) is -2.19. The number of ether oxygens (including phenoxy) is 2. The van der Waals surface area contributed by atoms with Crippen LogP contribution in [0.5, 0.6) is 17.4 Å². The molecular formula is C20H20N2O4S. The first kappa shape index (κ1) is 18.7. The van der Waals surface area contributed by atoms with E-state index in [2.05, 4.69) is 9.71 Å². The molecule has 0 aliphatic carbocycles. The predicted octanol–water partition coefficient (Wildman–Crippen LogP) is 4.30. The minimum Gasteiger partial charge on any atom is -0.497 e. The van der Waals surface area contributed by atoms with E-state index in [0.29, 0.717) is 11.5 Å². The van der Waals surface area contributed by atoms with E-state index in [4.69, 9.17) is 9.47 Å². The summed E-state index contributed by atoms with van der Waals surface area (Å²) in [6.45, 7) is 3.80. The van der Waals surface area contributed by atoms with Gasteiger partial charge < -0.3 is 9.47 Å². The maximum atomic E-state index is 12.7. The molecule has 1 aromatic heterocycles. The highest BCUT2D eigenvalue weighted by Gasteiger charge is 2.18. The zero-order chi connectivity index (χ0) is 19.4. The largest absolute Gasteiger partial charge is 0.497 e. The molecule has 3 aromatic rings. The van der Waals surface area contributed by atoms with Crippen molar-refractivity contribution in [3.05, 3.63) is 71.9 Å². The number of hydrogen-bond acceptors (Lipinski definition) is 5. The van der Waals surface area contributed by atoms with Gasteiger partial charge in [0.05, 0.1) is 12.0 Å². The summed E-state index contributed by atoms with van der Waals surface area (Å²) >= 11 is 0. The van der Waals surface area contributed by atoms with E-state index in [-0.39, 0.29) is 16.5 Å². The molecule has 0 amide bonds. The Hall–Kier alpha value is -3.06. The number of sulfonamides is 1. The van der Waals surface area contributed by atoms with Gasteiger partial charge >= 0.3 is 0 Å². The lowest BCUT2D eigenvalue weighted by Crippen LogP contribution is -2.14. The first-order chi connectivity index (χ1) is 12.9. The Morgan fingerprint density at radius 1 is 0.926 bits per heavy atom. The topological polar surface area (TPSA) is 77.5 Å². The summed E-state index contributed by atoms with van der Waals surface area (Å²) in [5.74, 6) is 1.37. The molecule has 3 rings (SSSR count). The van der Waals surface area contributed by atoms with Gasteiger partial charge in [-0.05, 0) is 73.5 Å². The third-order valence-electron chi connectivity index (χ3n) is 4.08. The molecular weight excluding hydrogens is 364 g/mol. The van der Waals surface area contributed by atoms with Gasteiger partial charge in [0, 0.05) is 6.20 Å². The second kappa shape index (κ2) is 7.67. The molecule has 2 aromatic carbocycles. The van der Waals surface area contributed by atoms with Gasteiger partial charge in [-0.15, -0.1) is 0 Å². The Kier molecular flexibility index (Phi) is 5.32. The maximum absolute atomic E-state index is 12.7. The molecule has 27 heavy (non-hydrogen) atoms. The van der Waals surface area contributed by atoms with E-state index in [1.165, 1.54) is 6.20 Å². The van der Waals surface area contributed by atoms with Crippen LogP contribution in [0.2, 0.25) is 0 Å². The summed E-state index contributed by atoms with van der Waals surface area (Å²) < 4.78 is 38.9. The molecule has 0 saturated heterocycles. The van der Waals surface area contributed by atoms with Gasteiger partial charge in [-0.3, -0.25) is 4.72 Å².